The fraction of sp³-hybridized carbons (Fsp3) is 1.00. The molecule has 0 amide bonds. The molecule has 0 heterocycles. The standard InChI is InChI=1S/C13H28N2O/c1-11-5-4-6-13(9-11)15(2)10-12(14)7-8-16-3/h11-13H,4-10,14H2,1-3H3. The van der Waals surface area contributed by atoms with E-state index in [-0.39, 0.29) is 6.04 Å². The highest BCUT2D eigenvalue weighted by atomic mass is 16.5. The van der Waals surface area contributed by atoms with Gasteiger partial charge in [-0.25, -0.2) is 0 Å². The van der Waals surface area contributed by atoms with Gasteiger partial charge in [0.05, 0.1) is 0 Å². The number of hydrogen-bond donors (Lipinski definition) is 1. The smallest absolute Gasteiger partial charge is 0.0477 e. The molecule has 0 radical (unpaired) electrons. The summed E-state index contributed by atoms with van der Waals surface area (Å²) in [7, 11) is 3.95. The zero-order valence-corrected chi connectivity index (χ0v) is 11.1. The minimum Gasteiger partial charge on any atom is -0.385 e. The largest absolute Gasteiger partial charge is 0.385 e. The van der Waals surface area contributed by atoms with Crippen molar-refractivity contribution in [1.29, 1.82) is 0 Å². The molecule has 0 aromatic rings. The normalized spacial score (nSPS) is 28.3. The predicted octanol–water partition coefficient (Wildman–Crippen LogP) is 1.86. The number of hydrogen-bond acceptors (Lipinski definition) is 3. The summed E-state index contributed by atoms with van der Waals surface area (Å²) in [6.07, 6.45) is 6.43. The molecule has 0 spiro atoms. The van der Waals surface area contributed by atoms with Gasteiger partial charge in [0.15, 0.2) is 0 Å². The first-order valence-corrected chi connectivity index (χ1v) is 6.58. The van der Waals surface area contributed by atoms with Crippen LogP contribution in [0.2, 0.25) is 0 Å². The summed E-state index contributed by atoms with van der Waals surface area (Å²) in [4.78, 5) is 2.45. The van der Waals surface area contributed by atoms with Gasteiger partial charge in [0.25, 0.3) is 0 Å². The van der Waals surface area contributed by atoms with Crippen LogP contribution >= 0.6 is 0 Å². The van der Waals surface area contributed by atoms with E-state index in [1.165, 1.54) is 25.7 Å². The number of nitrogens with two attached hydrogens (primary N) is 1. The number of likely N-dealkylation sites (N-methyl/N-ethyl adjacent to an activating group) is 1. The predicted molar refractivity (Wildman–Crippen MR) is 68.5 cm³/mol. The van der Waals surface area contributed by atoms with Crippen LogP contribution in [-0.4, -0.2) is 44.3 Å². The minimum atomic E-state index is 0.252. The van der Waals surface area contributed by atoms with E-state index in [4.69, 9.17) is 10.5 Å². The molecule has 96 valence electrons. The molecule has 0 aromatic carbocycles. The van der Waals surface area contributed by atoms with Gasteiger partial charge < -0.3 is 15.4 Å². The number of methoxy groups -OCH3 is 1. The van der Waals surface area contributed by atoms with Crippen molar-refractivity contribution in [1.82, 2.24) is 4.90 Å². The molecule has 1 saturated carbocycles. The Morgan fingerprint density at radius 2 is 2.19 bits per heavy atom. The van der Waals surface area contributed by atoms with Gasteiger partial charge in [0.2, 0.25) is 0 Å². The van der Waals surface area contributed by atoms with E-state index in [0.717, 1.165) is 31.5 Å². The maximum atomic E-state index is 6.08. The molecule has 3 heteroatoms. The van der Waals surface area contributed by atoms with Gasteiger partial charge in [0, 0.05) is 32.3 Å². The van der Waals surface area contributed by atoms with E-state index in [9.17, 15) is 0 Å². The second kappa shape index (κ2) is 7.25. The van der Waals surface area contributed by atoms with Crippen LogP contribution in [0.3, 0.4) is 0 Å². The van der Waals surface area contributed by atoms with Crippen molar-refractivity contribution in [3.05, 3.63) is 0 Å². The number of ether oxygens (including phenoxy) is 1. The van der Waals surface area contributed by atoms with Crippen LogP contribution in [0.1, 0.15) is 39.0 Å². The molecule has 1 aliphatic rings. The second-order valence-corrected chi connectivity index (χ2v) is 5.41. The topological polar surface area (TPSA) is 38.5 Å². The van der Waals surface area contributed by atoms with E-state index in [2.05, 4.69) is 18.9 Å². The molecule has 16 heavy (non-hydrogen) atoms. The lowest BCUT2D eigenvalue weighted by atomic mass is 9.86. The van der Waals surface area contributed by atoms with Gasteiger partial charge in [-0.15, -0.1) is 0 Å². The fourth-order valence-corrected chi connectivity index (χ4v) is 2.68. The maximum absolute atomic E-state index is 6.08. The molecule has 3 atom stereocenters. The van der Waals surface area contributed by atoms with Crippen LogP contribution in [-0.2, 0) is 4.74 Å². The average Bonchev–Trinajstić information content (AvgIpc) is 2.26. The lowest BCUT2D eigenvalue weighted by molar-refractivity contribution is 0.141. The van der Waals surface area contributed by atoms with Crippen molar-refractivity contribution < 1.29 is 4.74 Å². The highest BCUT2D eigenvalue weighted by Crippen LogP contribution is 2.26. The van der Waals surface area contributed by atoms with Crippen LogP contribution in [0, 0.1) is 5.92 Å². The zero-order valence-electron chi connectivity index (χ0n) is 11.1. The van der Waals surface area contributed by atoms with Crippen molar-refractivity contribution >= 4 is 0 Å². The summed E-state index contributed by atoms with van der Waals surface area (Å²) in [6.45, 7) is 4.14. The summed E-state index contributed by atoms with van der Waals surface area (Å²) in [5, 5.41) is 0. The van der Waals surface area contributed by atoms with E-state index in [0.29, 0.717) is 0 Å². The Balaban J connectivity index is 2.24. The van der Waals surface area contributed by atoms with Crippen LogP contribution in [0.4, 0.5) is 0 Å². The monoisotopic (exact) mass is 228 g/mol. The van der Waals surface area contributed by atoms with E-state index in [1.54, 1.807) is 7.11 Å². The van der Waals surface area contributed by atoms with Crippen molar-refractivity contribution in [3.8, 4) is 0 Å². The minimum absolute atomic E-state index is 0.252. The molecule has 1 aliphatic carbocycles. The lowest BCUT2D eigenvalue weighted by Crippen LogP contribution is -2.43. The summed E-state index contributed by atoms with van der Waals surface area (Å²) >= 11 is 0. The molecular weight excluding hydrogens is 200 g/mol. The van der Waals surface area contributed by atoms with Crippen LogP contribution in [0.15, 0.2) is 0 Å². The average molecular weight is 228 g/mol. The summed E-state index contributed by atoms with van der Waals surface area (Å²) in [6, 6.07) is 1.000. The van der Waals surface area contributed by atoms with Crippen LogP contribution in [0.5, 0.6) is 0 Å². The van der Waals surface area contributed by atoms with E-state index in [1.807, 2.05) is 0 Å². The first-order chi connectivity index (χ1) is 7.63. The van der Waals surface area contributed by atoms with Crippen molar-refractivity contribution in [2.45, 2.75) is 51.1 Å². The molecule has 3 nitrogen and oxygen atoms in total. The molecule has 0 aromatic heterocycles. The van der Waals surface area contributed by atoms with Crippen molar-refractivity contribution in [3.63, 3.8) is 0 Å². The summed E-state index contributed by atoms with van der Waals surface area (Å²) < 4.78 is 5.06. The second-order valence-electron chi connectivity index (χ2n) is 5.41. The van der Waals surface area contributed by atoms with Crippen molar-refractivity contribution in [2.24, 2.45) is 11.7 Å². The van der Waals surface area contributed by atoms with Gasteiger partial charge >= 0.3 is 0 Å². The summed E-state index contributed by atoms with van der Waals surface area (Å²) in [5.41, 5.74) is 6.08. The first-order valence-electron chi connectivity index (χ1n) is 6.58. The third kappa shape index (κ3) is 4.81. The fourth-order valence-electron chi connectivity index (χ4n) is 2.68. The third-order valence-corrected chi connectivity index (χ3v) is 3.75. The highest BCUT2D eigenvalue weighted by molar-refractivity contribution is 4.79. The molecule has 1 fully saturated rings. The molecule has 3 unspecified atom stereocenters. The zero-order chi connectivity index (χ0) is 12.0. The first kappa shape index (κ1) is 13.9. The van der Waals surface area contributed by atoms with Gasteiger partial charge in [-0.3, -0.25) is 0 Å². The van der Waals surface area contributed by atoms with Gasteiger partial charge in [-0.05, 0) is 32.2 Å². The molecule has 0 saturated heterocycles. The Bertz CT molecular complexity index is 187. The summed E-state index contributed by atoms with van der Waals surface area (Å²) in [5.74, 6) is 0.886. The van der Waals surface area contributed by atoms with Crippen molar-refractivity contribution in [2.75, 3.05) is 27.3 Å². The molecule has 2 N–H and O–H groups in total. The Morgan fingerprint density at radius 3 is 2.81 bits per heavy atom. The highest BCUT2D eigenvalue weighted by Gasteiger charge is 2.23. The molecule has 0 bridgehead atoms. The quantitative estimate of drug-likeness (QED) is 0.754. The Kier molecular flexibility index (Phi) is 6.32. The Morgan fingerprint density at radius 1 is 1.44 bits per heavy atom. The molecular formula is C13H28N2O. The van der Waals surface area contributed by atoms with Crippen LogP contribution < -0.4 is 5.73 Å². The van der Waals surface area contributed by atoms with Gasteiger partial charge in [0.1, 0.15) is 0 Å². The molecule has 1 rings (SSSR count). The molecule has 0 aliphatic heterocycles. The van der Waals surface area contributed by atoms with E-state index < -0.39 is 0 Å². The Hall–Kier alpha value is -0.120. The SMILES string of the molecule is COCCC(N)CN(C)C1CCCC(C)C1. The number of nitrogens with zero attached hydrogens (tertiary/aromatic N) is 1. The van der Waals surface area contributed by atoms with Gasteiger partial charge in [-0.2, -0.15) is 0 Å². The maximum Gasteiger partial charge on any atom is 0.0477 e. The number of rotatable bonds is 6. The third-order valence-electron chi connectivity index (χ3n) is 3.75. The Labute approximate surface area is 100 Å². The van der Waals surface area contributed by atoms with Gasteiger partial charge in [-0.1, -0.05) is 19.8 Å². The van der Waals surface area contributed by atoms with Crippen LogP contribution in [0.25, 0.3) is 0 Å². The van der Waals surface area contributed by atoms with E-state index >= 15 is 0 Å². The lowest BCUT2D eigenvalue weighted by Gasteiger charge is -2.35.